The lowest BCUT2D eigenvalue weighted by molar-refractivity contribution is -0.275. The average Bonchev–Trinajstić information content (AvgIpc) is 3.35. The van der Waals surface area contributed by atoms with Crippen LogP contribution < -0.4 is 0 Å². The van der Waals surface area contributed by atoms with Crippen molar-refractivity contribution in [2.24, 2.45) is 11.1 Å². The molecule has 1 unspecified atom stereocenters. The zero-order chi connectivity index (χ0) is 26.0. The molecule has 3 aromatic rings. The highest BCUT2D eigenvalue weighted by atomic mass is 35.5. The summed E-state index contributed by atoms with van der Waals surface area (Å²) >= 11 is 11.9. The van der Waals surface area contributed by atoms with Gasteiger partial charge in [-0.3, -0.25) is 4.79 Å². The fourth-order valence-corrected chi connectivity index (χ4v) is 6.66. The van der Waals surface area contributed by atoms with E-state index < -0.39 is 28.0 Å². The van der Waals surface area contributed by atoms with Crippen molar-refractivity contribution in [2.75, 3.05) is 11.5 Å². The number of alkyl halides is 3. The second kappa shape index (κ2) is 8.46. The molecule has 0 amide bonds. The van der Waals surface area contributed by atoms with Crippen LogP contribution in [-0.4, -0.2) is 42.6 Å². The van der Waals surface area contributed by atoms with E-state index >= 15 is 0 Å². The number of benzene rings is 2. The van der Waals surface area contributed by atoms with Gasteiger partial charge in [0.2, 0.25) is 0 Å². The van der Waals surface area contributed by atoms with Crippen LogP contribution in [0, 0.1) is 12.8 Å². The highest BCUT2D eigenvalue weighted by Crippen LogP contribution is 2.50. The van der Waals surface area contributed by atoms with Gasteiger partial charge in [0.25, 0.3) is 5.60 Å². The first-order chi connectivity index (χ1) is 16.8. The molecule has 36 heavy (non-hydrogen) atoms. The summed E-state index contributed by atoms with van der Waals surface area (Å²) in [7, 11) is -3.09. The molecule has 7 nitrogen and oxygen atoms in total. The minimum Gasteiger partial charge on any atom is -0.440 e. The lowest BCUT2D eigenvalue weighted by atomic mass is 9.86. The van der Waals surface area contributed by atoms with Crippen LogP contribution in [0.2, 0.25) is 10.0 Å². The van der Waals surface area contributed by atoms with Crippen LogP contribution in [0.5, 0.6) is 0 Å². The van der Waals surface area contributed by atoms with Gasteiger partial charge >= 0.3 is 6.18 Å². The Labute approximate surface area is 213 Å². The molecule has 0 bridgehead atoms. The molecule has 0 radical (unpaired) electrons. The first-order valence-corrected chi connectivity index (χ1v) is 13.3. The summed E-state index contributed by atoms with van der Waals surface area (Å²) in [6, 6.07) is 6.41. The van der Waals surface area contributed by atoms with E-state index in [1.807, 2.05) is 0 Å². The molecular formula is C23H17Cl2F3N2O5S. The number of aromatic nitrogens is 1. The Morgan fingerprint density at radius 1 is 1.17 bits per heavy atom. The molecule has 1 fully saturated rings. The van der Waals surface area contributed by atoms with Crippen molar-refractivity contribution < 1.29 is 35.6 Å². The Morgan fingerprint density at radius 3 is 2.44 bits per heavy atom. The number of Topliss-reactive ketones (excluding diaryl/α,β-unsaturated/α-hetero) is 1. The van der Waals surface area contributed by atoms with Crippen LogP contribution in [0.3, 0.4) is 0 Å². The normalized spacial score (nSPS) is 21.8. The smallest absolute Gasteiger partial charge is 0.435 e. The first kappa shape index (κ1) is 25.0. The molecule has 2 aliphatic heterocycles. The molecule has 3 heterocycles. The molecule has 13 heteroatoms. The summed E-state index contributed by atoms with van der Waals surface area (Å²) in [4.78, 5) is 22.2. The molecule has 0 spiro atoms. The number of halogens is 5. The van der Waals surface area contributed by atoms with Gasteiger partial charge in [-0.1, -0.05) is 28.4 Å². The Hall–Kier alpha value is -2.63. The molecule has 5 rings (SSSR count). The number of aryl methyl sites for hydroxylation is 1. The third-order valence-corrected chi connectivity index (χ3v) is 8.62. The van der Waals surface area contributed by atoms with Gasteiger partial charge in [0.15, 0.2) is 27.1 Å². The molecule has 2 aliphatic rings. The SMILES string of the molecule is Cc1nc2c(C3=NOC(c4cc(Cl)cc(Cl)c4)(C(F)(F)F)C3)ccc(C(=O)CC3CS(=O)(=O)C3)c2o1. The van der Waals surface area contributed by atoms with E-state index in [2.05, 4.69) is 10.1 Å². The van der Waals surface area contributed by atoms with E-state index in [4.69, 9.17) is 32.5 Å². The molecular weight excluding hydrogens is 544 g/mol. The summed E-state index contributed by atoms with van der Waals surface area (Å²) in [6.07, 6.45) is -5.56. The van der Waals surface area contributed by atoms with Gasteiger partial charge in [-0.15, -0.1) is 0 Å². The van der Waals surface area contributed by atoms with Gasteiger partial charge < -0.3 is 9.25 Å². The Morgan fingerprint density at radius 2 is 1.83 bits per heavy atom. The fourth-order valence-electron chi connectivity index (χ4n) is 4.56. The van der Waals surface area contributed by atoms with Crippen molar-refractivity contribution in [1.82, 2.24) is 4.98 Å². The van der Waals surface area contributed by atoms with Crippen LogP contribution in [0.25, 0.3) is 11.1 Å². The van der Waals surface area contributed by atoms with Gasteiger partial charge in [0.1, 0.15) is 5.52 Å². The maximum atomic E-state index is 14.4. The van der Waals surface area contributed by atoms with Crippen molar-refractivity contribution in [1.29, 1.82) is 0 Å². The van der Waals surface area contributed by atoms with Crippen LogP contribution in [-0.2, 0) is 20.3 Å². The summed E-state index contributed by atoms with van der Waals surface area (Å²) < 4.78 is 71.5. The van der Waals surface area contributed by atoms with Gasteiger partial charge in [0, 0.05) is 34.5 Å². The van der Waals surface area contributed by atoms with Crippen LogP contribution in [0.4, 0.5) is 13.2 Å². The average molecular weight is 561 g/mol. The molecule has 1 aromatic heterocycles. The van der Waals surface area contributed by atoms with Crippen LogP contribution in [0.1, 0.15) is 40.2 Å². The van der Waals surface area contributed by atoms with Crippen molar-refractivity contribution >= 4 is 55.6 Å². The second-order valence-electron chi connectivity index (χ2n) is 8.93. The minimum atomic E-state index is -4.87. The van der Waals surface area contributed by atoms with E-state index in [1.54, 1.807) is 0 Å². The lowest BCUT2D eigenvalue weighted by Crippen LogP contribution is -2.42. The highest BCUT2D eigenvalue weighted by Gasteiger charge is 2.62. The molecule has 0 N–H and O–H groups in total. The topological polar surface area (TPSA) is 98.8 Å². The molecule has 2 aromatic carbocycles. The van der Waals surface area contributed by atoms with Crippen molar-refractivity contribution in [3.05, 3.63) is 63.0 Å². The van der Waals surface area contributed by atoms with Gasteiger partial charge in [-0.25, -0.2) is 13.4 Å². The Kier molecular flexibility index (Phi) is 5.88. The third kappa shape index (κ3) is 4.26. The van der Waals surface area contributed by atoms with Gasteiger partial charge in [-0.2, -0.15) is 13.2 Å². The van der Waals surface area contributed by atoms with E-state index in [0.29, 0.717) is 0 Å². The predicted octanol–water partition coefficient (Wildman–Crippen LogP) is 5.64. The lowest BCUT2D eigenvalue weighted by Gasteiger charge is -2.29. The maximum absolute atomic E-state index is 14.4. The summed E-state index contributed by atoms with van der Waals surface area (Å²) in [6.45, 7) is 1.54. The monoisotopic (exact) mass is 560 g/mol. The molecule has 1 atom stereocenters. The predicted molar refractivity (Wildman–Crippen MR) is 126 cm³/mol. The van der Waals surface area contributed by atoms with E-state index in [1.165, 1.54) is 25.1 Å². The van der Waals surface area contributed by atoms with Crippen molar-refractivity contribution in [3.8, 4) is 0 Å². The highest BCUT2D eigenvalue weighted by molar-refractivity contribution is 7.92. The van der Waals surface area contributed by atoms with Crippen LogP contribution in [0.15, 0.2) is 39.9 Å². The number of nitrogens with zero attached hydrogens (tertiary/aromatic N) is 2. The zero-order valence-corrected chi connectivity index (χ0v) is 20.9. The maximum Gasteiger partial charge on any atom is 0.435 e. The number of carbonyl (C=O) groups excluding carboxylic acids is 1. The number of ketones is 1. The summed E-state index contributed by atoms with van der Waals surface area (Å²) in [5.41, 5.74) is -2.55. The zero-order valence-electron chi connectivity index (χ0n) is 18.5. The van der Waals surface area contributed by atoms with Gasteiger partial charge in [0.05, 0.1) is 29.2 Å². The number of carbonyl (C=O) groups is 1. The van der Waals surface area contributed by atoms with E-state index in [9.17, 15) is 26.4 Å². The van der Waals surface area contributed by atoms with Crippen molar-refractivity contribution in [2.45, 2.75) is 31.5 Å². The molecule has 0 saturated carbocycles. The van der Waals surface area contributed by atoms with Crippen molar-refractivity contribution in [3.63, 3.8) is 0 Å². The number of rotatable bonds is 5. The number of sulfone groups is 1. The number of hydrogen-bond donors (Lipinski definition) is 0. The van der Waals surface area contributed by atoms with Crippen LogP contribution >= 0.6 is 23.2 Å². The fraction of sp³-hybridized carbons (Fsp3) is 0.348. The third-order valence-electron chi connectivity index (χ3n) is 6.23. The number of fused-ring (bicyclic) bond motifs is 1. The Balaban J connectivity index is 1.51. The molecule has 190 valence electrons. The minimum absolute atomic E-state index is 0.00416. The largest absolute Gasteiger partial charge is 0.440 e. The number of oxazole rings is 1. The quantitative estimate of drug-likeness (QED) is 0.374. The number of oxime groups is 1. The summed E-state index contributed by atoms with van der Waals surface area (Å²) in [5.74, 6) is -0.551. The standard InChI is InChI=1S/C23H17Cl2F3N2O5S/c1-11-29-20-16(2-3-17(21(20)34-11)19(31)4-12-9-36(32,33)10-12)18-8-22(35-30-18,23(26,27)28)13-5-14(24)7-15(25)6-13/h2-3,5-7,12H,4,8-10H2,1H3. The summed E-state index contributed by atoms with van der Waals surface area (Å²) in [5, 5.41) is 3.78. The first-order valence-electron chi connectivity index (χ1n) is 10.7. The van der Waals surface area contributed by atoms with Gasteiger partial charge in [-0.05, 0) is 36.2 Å². The number of hydrogen-bond acceptors (Lipinski definition) is 7. The van der Waals surface area contributed by atoms with E-state index in [-0.39, 0.29) is 79.1 Å². The Bertz CT molecular complexity index is 1520. The second-order valence-corrected chi connectivity index (χ2v) is 12.0. The molecule has 1 saturated heterocycles. The molecule has 0 aliphatic carbocycles. The van der Waals surface area contributed by atoms with E-state index in [0.717, 1.165) is 12.1 Å².